The third kappa shape index (κ3) is 0.844. The Labute approximate surface area is 102 Å². The molecule has 3 heteroatoms. The Kier molecular flexibility index (Phi) is 1.48. The molecule has 4 fully saturated rings. The second kappa shape index (κ2) is 2.42. The molecular formula is C14H20O3. The minimum absolute atomic E-state index is 0.0565. The molecule has 0 aliphatic heterocycles. The summed E-state index contributed by atoms with van der Waals surface area (Å²) in [5.41, 5.74) is -0.409. The average molecular weight is 236 g/mol. The van der Waals surface area contributed by atoms with Crippen molar-refractivity contribution in [3.63, 3.8) is 0 Å². The molecule has 0 saturated heterocycles. The molecule has 3 nitrogen and oxygen atoms in total. The highest BCUT2D eigenvalue weighted by atomic mass is 16.6. The first-order valence-corrected chi connectivity index (χ1v) is 6.79. The van der Waals surface area contributed by atoms with E-state index in [1.165, 1.54) is 0 Å². The lowest BCUT2D eigenvalue weighted by Gasteiger charge is -2.66. The molecule has 0 aromatic heterocycles. The van der Waals surface area contributed by atoms with E-state index in [4.69, 9.17) is 4.74 Å². The van der Waals surface area contributed by atoms with Gasteiger partial charge in [0.15, 0.2) is 0 Å². The number of hydrogen-bond acceptors (Lipinski definition) is 3. The summed E-state index contributed by atoms with van der Waals surface area (Å²) in [6.07, 6.45) is 2.94. The number of hydrogen-bond donors (Lipinski definition) is 1. The molecule has 94 valence electrons. The highest BCUT2D eigenvalue weighted by molar-refractivity contribution is 5.72. The van der Waals surface area contributed by atoms with Gasteiger partial charge in [-0.2, -0.15) is 0 Å². The van der Waals surface area contributed by atoms with E-state index >= 15 is 0 Å². The molecule has 0 heterocycles. The summed E-state index contributed by atoms with van der Waals surface area (Å²) in [7, 11) is 0. The fourth-order valence-corrected chi connectivity index (χ4v) is 5.24. The van der Waals surface area contributed by atoms with E-state index in [1.807, 2.05) is 13.8 Å². The van der Waals surface area contributed by atoms with Crippen LogP contribution in [0.25, 0.3) is 0 Å². The maximum Gasteiger partial charge on any atom is 0.308 e. The second-order valence-electron chi connectivity index (χ2n) is 7.27. The van der Waals surface area contributed by atoms with Gasteiger partial charge >= 0.3 is 5.97 Å². The van der Waals surface area contributed by atoms with Gasteiger partial charge in [-0.1, -0.05) is 13.8 Å². The normalized spacial score (nSPS) is 61.1. The third-order valence-electron chi connectivity index (χ3n) is 6.32. The van der Waals surface area contributed by atoms with Gasteiger partial charge in [0.2, 0.25) is 0 Å². The Morgan fingerprint density at radius 1 is 1.35 bits per heavy atom. The van der Waals surface area contributed by atoms with Crippen LogP contribution in [0.4, 0.5) is 0 Å². The molecule has 4 saturated carbocycles. The van der Waals surface area contributed by atoms with Crippen LogP contribution in [0.5, 0.6) is 0 Å². The Balaban J connectivity index is 1.57. The SMILES string of the molecule is CC(C)C(=O)OC1(C)C2CC3(O)CC34CC1C24. The number of ether oxygens (including phenoxy) is 1. The minimum Gasteiger partial charge on any atom is -0.459 e. The van der Waals surface area contributed by atoms with Gasteiger partial charge in [0.05, 0.1) is 11.5 Å². The Hall–Kier alpha value is -0.570. The van der Waals surface area contributed by atoms with Gasteiger partial charge in [0.1, 0.15) is 5.60 Å². The highest BCUT2D eigenvalue weighted by Crippen LogP contribution is 2.89. The van der Waals surface area contributed by atoms with E-state index < -0.39 is 0 Å². The van der Waals surface area contributed by atoms with Crippen molar-refractivity contribution in [2.24, 2.45) is 29.1 Å². The number of rotatable bonds is 2. The van der Waals surface area contributed by atoms with Gasteiger partial charge < -0.3 is 9.84 Å². The largest absolute Gasteiger partial charge is 0.459 e. The van der Waals surface area contributed by atoms with Crippen LogP contribution in [-0.4, -0.2) is 22.3 Å². The van der Waals surface area contributed by atoms with E-state index in [0.29, 0.717) is 17.8 Å². The molecule has 1 N–H and O–H groups in total. The molecule has 0 aromatic carbocycles. The third-order valence-corrected chi connectivity index (χ3v) is 6.32. The average Bonchev–Trinajstić information content (AvgIpc) is 2.79. The highest BCUT2D eigenvalue weighted by Gasteiger charge is 2.91. The summed E-state index contributed by atoms with van der Waals surface area (Å²) in [6, 6.07) is 0. The lowest BCUT2D eigenvalue weighted by atomic mass is 9.41. The fraction of sp³-hybridized carbons (Fsp3) is 0.929. The van der Waals surface area contributed by atoms with Gasteiger partial charge in [-0.15, -0.1) is 0 Å². The zero-order valence-electron chi connectivity index (χ0n) is 10.7. The van der Waals surface area contributed by atoms with E-state index in [1.54, 1.807) is 0 Å². The lowest BCUT2D eigenvalue weighted by Crippen LogP contribution is -2.69. The molecule has 0 bridgehead atoms. The van der Waals surface area contributed by atoms with Crippen molar-refractivity contribution in [1.82, 2.24) is 0 Å². The van der Waals surface area contributed by atoms with Crippen LogP contribution in [0.2, 0.25) is 0 Å². The quantitative estimate of drug-likeness (QED) is 0.743. The summed E-state index contributed by atoms with van der Waals surface area (Å²) in [5, 5.41) is 10.4. The van der Waals surface area contributed by atoms with Crippen LogP contribution in [-0.2, 0) is 9.53 Å². The van der Waals surface area contributed by atoms with E-state index in [2.05, 4.69) is 6.92 Å². The summed E-state index contributed by atoms with van der Waals surface area (Å²) >= 11 is 0. The van der Waals surface area contributed by atoms with Gasteiger partial charge in [0, 0.05) is 17.3 Å². The first-order valence-electron chi connectivity index (χ1n) is 6.79. The van der Waals surface area contributed by atoms with Crippen LogP contribution >= 0.6 is 0 Å². The molecule has 1 spiro atoms. The molecule has 4 aliphatic rings. The van der Waals surface area contributed by atoms with Crippen molar-refractivity contribution < 1.29 is 14.6 Å². The summed E-state index contributed by atoms with van der Waals surface area (Å²) in [4.78, 5) is 11.8. The molecule has 4 aliphatic carbocycles. The topological polar surface area (TPSA) is 46.5 Å². The van der Waals surface area contributed by atoms with Gasteiger partial charge in [-0.25, -0.2) is 0 Å². The fourth-order valence-electron chi connectivity index (χ4n) is 5.24. The van der Waals surface area contributed by atoms with Crippen molar-refractivity contribution in [3.8, 4) is 0 Å². The number of esters is 1. The summed E-state index contributed by atoms with van der Waals surface area (Å²) in [6.45, 7) is 5.84. The Morgan fingerprint density at radius 2 is 2.00 bits per heavy atom. The molecule has 17 heavy (non-hydrogen) atoms. The lowest BCUT2D eigenvalue weighted by molar-refractivity contribution is -0.267. The maximum absolute atomic E-state index is 11.8. The van der Waals surface area contributed by atoms with Crippen molar-refractivity contribution >= 4 is 5.97 Å². The standard InChI is InChI=1S/C14H20O3/c1-7(2)11(15)17-12(3)8-4-13-6-14(13,16)5-9(12)10(8)13/h7-10,16H,4-6H2,1-3H3. The van der Waals surface area contributed by atoms with Crippen molar-refractivity contribution in [2.45, 2.75) is 51.2 Å². The molecule has 4 rings (SSSR count). The van der Waals surface area contributed by atoms with Crippen LogP contribution < -0.4 is 0 Å². The van der Waals surface area contributed by atoms with Crippen molar-refractivity contribution in [1.29, 1.82) is 0 Å². The van der Waals surface area contributed by atoms with E-state index in [0.717, 1.165) is 19.3 Å². The number of carbonyl (C=O) groups is 1. The number of aliphatic hydroxyl groups is 1. The Bertz CT molecular complexity index is 431. The van der Waals surface area contributed by atoms with Gasteiger partial charge in [-0.3, -0.25) is 4.79 Å². The monoisotopic (exact) mass is 236 g/mol. The van der Waals surface area contributed by atoms with Gasteiger partial charge in [-0.05, 0) is 32.1 Å². The summed E-state index contributed by atoms with van der Waals surface area (Å²) < 4.78 is 5.76. The predicted molar refractivity (Wildman–Crippen MR) is 61.0 cm³/mol. The predicted octanol–water partition coefficient (Wildman–Crippen LogP) is 1.74. The first-order chi connectivity index (χ1) is 7.84. The molecule has 0 radical (unpaired) electrons. The van der Waals surface area contributed by atoms with Crippen LogP contribution in [0.1, 0.15) is 40.0 Å². The van der Waals surface area contributed by atoms with E-state index in [9.17, 15) is 9.90 Å². The van der Waals surface area contributed by atoms with Crippen molar-refractivity contribution in [2.75, 3.05) is 0 Å². The molecule has 0 aromatic rings. The molecule has 6 unspecified atom stereocenters. The molecule has 0 amide bonds. The van der Waals surface area contributed by atoms with Crippen LogP contribution in [0.15, 0.2) is 0 Å². The van der Waals surface area contributed by atoms with E-state index in [-0.39, 0.29) is 28.5 Å². The number of carbonyl (C=O) groups excluding carboxylic acids is 1. The zero-order valence-corrected chi connectivity index (χ0v) is 10.7. The van der Waals surface area contributed by atoms with Gasteiger partial charge in [0.25, 0.3) is 0 Å². The minimum atomic E-state index is -0.388. The maximum atomic E-state index is 11.8. The van der Waals surface area contributed by atoms with Crippen LogP contribution in [0.3, 0.4) is 0 Å². The Morgan fingerprint density at radius 3 is 2.65 bits per heavy atom. The first kappa shape index (κ1) is 10.4. The van der Waals surface area contributed by atoms with Crippen LogP contribution in [0, 0.1) is 29.1 Å². The molecular weight excluding hydrogens is 216 g/mol. The second-order valence-corrected chi connectivity index (χ2v) is 7.27. The van der Waals surface area contributed by atoms with Crippen molar-refractivity contribution in [3.05, 3.63) is 0 Å². The smallest absolute Gasteiger partial charge is 0.308 e. The molecule has 6 atom stereocenters. The zero-order chi connectivity index (χ0) is 12.2. The summed E-state index contributed by atoms with van der Waals surface area (Å²) in [5.74, 6) is 1.45.